The Morgan fingerprint density at radius 1 is 1.09 bits per heavy atom. The van der Waals surface area contributed by atoms with Crippen LogP contribution in [-0.4, -0.2) is 33.9 Å². The number of nitrogens with one attached hydrogen (secondary N) is 1. The molecule has 9 nitrogen and oxygen atoms in total. The zero-order chi connectivity index (χ0) is 23.6. The fourth-order valence-corrected chi connectivity index (χ4v) is 4.63. The van der Waals surface area contributed by atoms with Gasteiger partial charge in [-0.05, 0) is 49.2 Å². The summed E-state index contributed by atoms with van der Waals surface area (Å²) in [5, 5.41) is 13.1. The van der Waals surface area contributed by atoms with Gasteiger partial charge in [-0.25, -0.2) is 23.1 Å². The van der Waals surface area contributed by atoms with E-state index in [9.17, 15) is 13.2 Å². The zero-order valence-electron chi connectivity index (χ0n) is 18.0. The predicted molar refractivity (Wildman–Crippen MR) is 125 cm³/mol. The van der Waals surface area contributed by atoms with Gasteiger partial charge in [0.2, 0.25) is 15.2 Å². The first-order valence-electron chi connectivity index (χ1n) is 10.0. The minimum atomic E-state index is -3.75. The number of carbonyl (C=O) groups excluding carboxylic acids is 1. The molecule has 1 amide bonds. The monoisotopic (exact) mass is 482 g/mol. The summed E-state index contributed by atoms with van der Waals surface area (Å²) in [6, 6.07) is 15.4. The van der Waals surface area contributed by atoms with E-state index < -0.39 is 10.0 Å². The van der Waals surface area contributed by atoms with Crippen LogP contribution in [0.25, 0.3) is 5.78 Å². The second kappa shape index (κ2) is 9.30. The summed E-state index contributed by atoms with van der Waals surface area (Å²) in [7, 11) is -3.75. The van der Waals surface area contributed by atoms with Crippen LogP contribution in [0.1, 0.15) is 32.9 Å². The molecule has 0 aliphatic rings. The molecule has 0 bridgehead atoms. The second-order valence-electron chi connectivity index (χ2n) is 7.46. The molecule has 0 aliphatic heterocycles. The van der Waals surface area contributed by atoms with Gasteiger partial charge in [0.25, 0.3) is 11.7 Å². The largest absolute Gasteiger partial charge is 0.348 e. The third kappa shape index (κ3) is 5.38. The molecular formula is C22H22N6O3S2. The van der Waals surface area contributed by atoms with Gasteiger partial charge in [0.15, 0.2) is 0 Å². The normalized spacial score (nSPS) is 11.6. The Morgan fingerprint density at radius 2 is 1.82 bits per heavy atom. The first-order valence-corrected chi connectivity index (χ1v) is 12.6. The van der Waals surface area contributed by atoms with Crippen molar-refractivity contribution in [1.82, 2.24) is 24.9 Å². The number of amides is 1. The molecule has 0 fully saturated rings. The van der Waals surface area contributed by atoms with E-state index in [0.29, 0.717) is 22.3 Å². The lowest BCUT2D eigenvalue weighted by Crippen LogP contribution is -2.24. The number of hydrogen-bond donors (Lipinski definition) is 2. The fourth-order valence-electron chi connectivity index (χ4n) is 3.29. The lowest BCUT2D eigenvalue weighted by atomic mass is 10.1. The first-order chi connectivity index (χ1) is 15.7. The predicted octanol–water partition coefficient (Wildman–Crippen LogP) is 2.61. The average Bonchev–Trinajstić information content (AvgIpc) is 3.19. The van der Waals surface area contributed by atoms with Crippen molar-refractivity contribution in [2.75, 3.05) is 0 Å². The molecule has 0 aliphatic carbocycles. The van der Waals surface area contributed by atoms with Gasteiger partial charge in [-0.1, -0.05) is 42.1 Å². The number of rotatable bonds is 7. The van der Waals surface area contributed by atoms with Crippen LogP contribution in [0, 0.1) is 13.8 Å². The number of sulfonamides is 1. The van der Waals surface area contributed by atoms with Gasteiger partial charge in [0.05, 0.1) is 4.90 Å². The molecule has 170 valence electrons. The first kappa shape index (κ1) is 22.9. The summed E-state index contributed by atoms with van der Waals surface area (Å²) in [5.41, 5.74) is 4.00. The van der Waals surface area contributed by atoms with Gasteiger partial charge in [0, 0.05) is 29.2 Å². The van der Waals surface area contributed by atoms with Crippen molar-refractivity contribution in [3.8, 4) is 0 Å². The maximum absolute atomic E-state index is 12.8. The van der Waals surface area contributed by atoms with E-state index in [1.807, 2.05) is 38.1 Å². The molecule has 3 N–H and O–H groups in total. The van der Waals surface area contributed by atoms with Crippen LogP contribution in [0.5, 0.6) is 0 Å². The van der Waals surface area contributed by atoms with E-state index in [1.54, 1.807) is 22.7 Å². The molecule has 0 saturated carbocycles. The number of thioether (sulfide) groups is 1. The van der Waals surface area contributed by atoms with Gasteiger partial charge in [-0.3, -0.25) is 4.79 Å². The van der Waals surface area contributed by atoms with E-state index in [1.165, 1.54) is 23.9 Å². The van der Waals surface area contributed by atoms with Gasteiger partial charge in [0.1, 0.15) is 0 Å². The van der Waals surface area contributed by atoms with Crippen molar-refractivity contribution in [2.45, 2.75) is 36.2 Å². The lowest BCUT2D eigenvalue weighted by Gasteiger charge is -2.10. The maximum atomic E-state index is 12.8. The number of hydrogen-bond acceptors (Lipinski definition) is 7. The Balaban J connectivity index is 1.43. The highest BCUT2D eigenvalue weighted by atomic mass is 32.2. The van der Waals surface area contributed by atoms with Gasteiger partial charge in [-0.15, -0.1) is 5.10 Å². The van der Waals surface area contributed by atoms with Crippen LogP contribution in [0.15, 0.2) is 64.6 Å². The van der Waals surface area contributed by atoms with Gasteiger partial charge < -0.3 is 5.32 Å². The van der Waals surface area contributed by atoms with Crippen molar-refractivity contribution in [3.63, 3.8) is 0 Å². The molecule has 2 heterocycles. The highest BCUT2D eigenvalue weighted by Gasteiger charge is 2.14. The third-order valence-corrected chi connectivity index (χ3v) is 6.74. The average molecular weight is 483 g/mol. The minimum absolute atomic E-state index is 0.0288. The van der Waals surface area contributed by atoms with Crippen molar-refractivity contribution in [1.29, 1.82) is 0 Å². The van der Waals surface area contributed by atoms with Crippen molar-refractivity contribution in [2.24, 2.45) is 5.14 Å². The molecule has 2 aromatic carbocycles. The lowest BCUT2D eigenvalue weighted by molar-refractivity contribution is 0.0950. The Bertz CT molecular complexity index is 1430. The SMILES string of the molecule is Cc1cc(C)n2nc(SCc3ccccc3C(=O)NCc3ccc(S(N)(=O)=O)cc3)nc2n1. The molecule has 0 atom stereocenters. The minimum Gasteiger partial charge on any atom is -0.348 e. The highest BCUT2D eigenvalue weighted by molar-refractivity contribution is 7.98. The fraction of sp³-hybridized carbons (Fsp3) is 0.182. The Hall–Kier alpha value is -3.28. The number of nitrogens with zero attached hydrogens (tertiary/aromatic N) is 4. The summed E-state index contributed by atoms with van der Waals surface area (Å²) in [6.07, 6.45) is 0. The number of aromatic nitrogens is 4. The van der Waals surface area contributed by atoms with E-state index >= 15 is 0 Å². The summed E-state index contributed by atoms with van der Waals surface area (Å²) in [4.78, 5) is 21.7. The van der Waals surface area contributed by atoms with E-state index in [2.05, 4.69) is 20.4 Å². The molecule has 0 saturated heterocycles. The second-order valence-corrected chi connectivity index (χ2v) is 9.97. The van der Waals surface area contributed by atoms with Crippen LogP contribution < -0.4 is 10.5 Å². The van der Waals surface area contributed by atoms with Crippen LogP contribution in [0.4, 0.5) is 0 Å². The standard InChI is InChI=1S/C22H22N6O3S2/c1-14-11-15(2)28-21(25-14)26-22(27-28)32-13-17-5-3-4-6-19(17)20(29)24-12-16-7-9-18(10-8-16)33(23,30)31/h3-11H,12-13H2,1-2H3,(H,24,29)(H2,23,30,31). The van der Waals surface area contributed by atoms with E-state index in [0.717, 1.165) is 22.5 Å². The molecule has 0 radical (unpaired) electrons. The number of nitrogens with two attached hydrogens (primary N) is 1. The molecule has 0 spiro atoms. The summed E-state index contributed by atoms with van der Waals surface area (Å²) in [5.74, 6) is 0.842. The summed E-state index contributed by atoms with van der Waals surface area (Å²) >= 11 is 1.43. The van der Waals surface area contributed by atoms with Gasteiger partial charge >= 0.3 is 0 Å². The van der Waals surface area contributed by atoms with Crippen molar-refractivity contribution < 1.29 is 13.2 Å². The Kier molecular flexibility index (Phi) is 6.45. The Labute approximate surface area is 195 Å². The highest BCUT2D eigenvalue weighted by Crippen LogP contribution is 2.23. The number of benzene rings is 2. The molecule has 2 aromatic heterocycles. The summed E-state index contributed by atoms with van der Waals surface area (Å²) < 4.78 is 24.4. The summed E-state index contributed by atoms with van der Waals surface area (Å²) in [6.45, 7) is 4.12. The Morgan fingerprint density at radius 3 is 2.55 bits per heavy atom. The molecule has 33 heavy (non-hydrogen) atoms. The topological polar surface area (TPSA) is 132 Å². The van der Waals surface area contributed by atoms with Crippen LogP contribution in [-0.2, 0) is 22.3 Å². The van der Waals surface area contributed by atoms with Gasteiger partial charge in [-0.2, -0.15) is 4.98 Å². The number of fused-ring (bicyclic) bond motifs is 1. The van der Waals surface area contributed by atoms with Crippen LogP contribution in [0.2, 0.25) is 0 Å². The van der Waals surface area contributed by atoms with Crippen molar-refractivity contribution >= 4 is 33.5 Å². The van der Waals surface area contributed by atoms with E-state index in [-0.39, 0.29) is 17.3 Å². The number of aryl methyl sites for hydroxylation is 2. The van der Waals surface area contributed by atoms with Crippen LogP contribution >= 0.6 is 11.8 Å². The quantitative estimate of drug-likeness (QED) is 0.387. The molecule has 0 unspecified atom stereocenters. The molecule has 4 aromatic rings. The van der Waals surface area contributed by atoms with Crippen LogP contribution in [0.3, 0.4) is 0 Å². The molecule has 11 heteroatoms. The zero-order valence-corrected chi connectivity index (χ0v) is 19.7. The number of carbonyl (C=O) groups is 1. The maximum Gasteiger partial charge on any atom is 0.253 e. The van der Waals surface area contributed by atoms with E-state index in [4.69, 9.17) is 5.14 Å². The third-order valence-electron chi connectivity index (χ3n) is 4.92. The van der Waals surface area contributed by atoms with Crippen molar-refractivity contribution in [3.05, 3.63) is 82.7 Å². The smallest absolute Gasteiger partial charge is 0.253 e. The molecule has 4 rings (SSSR count). The number of primary sulfonamides is 1. The molecular weight excluding hydrogens is 460 g/mol.